The monoisotopic (exact) mass is 383 g/mol. The number of aliphatic imine (C=N–C) groups is 1. The molecule has 4 nitrogen and oxygen atoms in total. The Hall–Kier alpha value is -2.51. The van der Waals surface area contributed by atoms with Gasteiger partial charge >= 0.3 is 0 Å². The zero-order chi connectivity index (χ0) is 17.9. The van der Waals surface area contributed by atoms with Crippen molar-refractivity contribution >= 4 is 45.0 Å². The normalized spacial score (nSPS) is 18.7. The summed E-state index contributed by atoms with van der Waals surface area (Å²) >= 11 is 2.84. The summed E-state index contributed by atoms with van der Waals surface area (Å²) < 4.78 is 13.1. The second kappa shape index (κ2) is 7.39. The van der Waals surface area contributed by atoms with Crippen LogP contribution in [0.2, 0.25) is 0 Å². The molecule has 0 spiro atoms. The highest BCUT2D eigenvalue weighted by molar-refractivity contribution is 8.16. The number of nitrogens with zero attached hydrogens (tertiary/aromatic N) is 3. The number of carbonyl (C=O) groups is 1. The van der Waals surface area contributed by atoms with E-state index >= 15 is 0 Å². The van der Waals surface area contributed by atoms with Crippen molar-refractivity contribution in [3.8, 4) is 0 Å². The molecule has 1 amide bonds. The molecule has 2 heterocycles. The van der Waals surface area contributed by atoms with Gasteiger partial charge in [0.1, 0.15) is 5.82 Å². The second-order valence-corrected chi connectivity index (χ2v) is 7.70. The third-order valence-corrected chi connectivity index (χ3v) is 5.70. The summed E-state index contributed by atoms with van der Waals surface area (Å²) in [7, 11) is 0. The lowest BCUT2D eigenvalue weighted by Crippen LogP contribution is -2.32. The molecule has 1 atom stereocenters. The molecule has 0 aliphatic carbocycles. The Labute approximate surface area is 158 Å². The molecule has 7 heteroatoms. The third-order valence-electron chi connectivity index (χ3n) is 3.89. The lowest BCUT2D eigenvalue weighted by atomic mass is 10.1. The standard InChI is InChI=1S/C19H14FN3OS2/c20-14-8-6-13(7-9-14)12-16-17(24)23(15-4-2-1-3-5-15)19(26-16)22-18-21-10-11-25-18/h1-11,16H,12H2. The van der Waals surface area contributed by atoms with Crippen LogP contribution in [-0.4, -0.2) is 21.3 Å². The predicted octanol–water partition coefficient (Wildman–Crippen LogP) is 4.66. The van der Waals surface area contributed by atoms with Gasteiger partial charge in [0.05, 0.1) is 10.9 Å². The number of rotatable bonds is 4. The molecule has 3 aromatic rings. The van der Waals surface area contributed by atoms with Gasteiger partial charge in [0.25, 0.3) is 0 Å². The lowest BCUT2D eigenvalue weighted by molar-refractivity contribution is -0.116. The molecule has 26 heavy (non-hydrogen) atoms. The van der Waals surface area contributed by atoms with Crippen LogP contribution in [0.1, 0.15) is 5.56 Å². The average Bonchev–Trinajstić information content (AvgIpc) is 3.27. The molecule has 2 aromatic carbocycles. The van der Waals surface area contributed by atoms with Crippen molar-refractivity contribution in [1.29, 1.82) is 0 Å². The van der Waals surface area contributed by atoms with Crippen molar-refractivity contribution in [2.45, 2.75) is 11.7 Å². The van der Waals surface area contributed by atoms with Gasteiger partial charge in [-0.2, -0.15) is 4.99 Å². The maximum atomic E-state index is 13.1. The number of thioether (sulfide) groups is 1. The number of amides is 1. The van der Waals surface area contributed by atoms with Crippen LogP contribution in [0.3, 0.4) is 0 Å². The Morgan fingerprint density at radius 2 is 1.88 bits per heavy atom. The molecule has 1 aromatic heterocycles. The lowest BCUT2D eigenvalue weighted by Gasteiger charge is -2.16. The first kappa shape index (κ1) is 16.9. The Morgan fingerprint density at radius 1 is 1.12 bits per heavy atom. The van der Waals surface area contributed by atoms with Crippen molar-refractivity contribution in [3.05, 3.63) is 77.6 Å². The van der Waals surface area contributed by atoms with Crippen molar-refractivity contribution in [2.24, 2.45) is 4.99 Å². The van der Waals surface area contributed by atoms with Gasteiger partial charge in [-0.25, -0.2) is 9.37 Å². The molecule has 0 radical (unpaired) electrons. The third kappa shape index (κ3) is 3.54. The van der Waals surface area contributed by atoms with Gasteiger partial charge < -0.3 is 0 Å². The van der Waals surface area contributed by atoms with Gasteiger partial charge in [-0.3, -0.25) is 9.69 Å². The first-order valence-corrected chi connectivity index (χ1v) is 9.75. The van der Waals surface area contributed by atoms with Crippen molar-refractivity contribution in [3.63, 3.8) is 0 Å². The summed E-state index contributed by atoms with van der Waals surface area (Å²) in [5.41, 5.74) is 1.70. The summed E-state index contributed by atoms with van der Waals surface area (Å²) in [5.74, 6) is -0.308. The molecule has 1 unspecified atom stereocenters. The number of amidine groups is 1. The van der Waals surface area contributed by atoms with Crippen molar-refractivity contribution < 1.29 is 9.18 Å². The summed E-state index contributed by atoms with van der Waals surface area (Å²) in [6.45, 7) is 0. The number of aromatic nitrogens is 1. The average molecular weight is 383 g/mol. The number of hydrogen-bond donors (Lipinski definition) is 0. The van der Waals surface area contributed by atoms with E-state index in [4.69, 9.17) is 0 Å². The van der Waals surface area contributed by atoms with E-state index in [0.717, 1.165) is 11.3 Å². The molecule has 4 rings (SSSR count). The fraction of sp³-hybridized carbons (Fsp3) is 0.105. The highest BCUT2D eigenvalue weighted by Gasteiger charge is 2.39. The summed E-state index contributed by atoms with van der Waals surface area (Å²) in [4.78, 5) is 23.4. The highest BCUT2D eigenvalue weighted by Crippen LogP contribution is 2.35. The Kier molecular flexibility index (Phi) is 4.81. The topological polar surface area (TPSA) is 45.6 Å². The minimum atomic E-state index is -0.306. The van der Waals surface area contributed by atoms with E-state index in [0.29, 0.717) is 16.7 Å². The number of thiazole rings is 1. The van der Waals surface area contributed by atoms with Crippen LogP contribution >= 0.6 is 23.1 Å². The van der Waals surface area contributed by atoms with Crippen LogP contribution in [0.25, 0.3) is 0 Å². The zero-order valence-corrected chi connectivity index (χ0v) is 15.2. The van der Waals surface area contributed by atoms with Crippen LogP contribution in [0, 0.1) is 5.82 Å². The van der Waals surface area contributed by atoms with Crippen LogP contribution in [0.5, 0.6) is 0 Å². The Morgan fingerprint density at radius 3 is 2.58 bits per heavy atom. The SMILES string of the molecule is O=C1C(Cc2ccc(F)cc2)SC(=Nc2nccs2)N1c1ccccc1. The van der Waals surface area contributed by atoms with Gasteiger partial charge in [0, 0.05) is 11.6 Å². The maximum absolute atomic E-state index is 13.1. The molecule has 0 bridgehead atoms. The maximum Gasteiger partial charge on any atom is 0.247 e. The number of para-hydroxylation sites is 1. The number of anilines is 1. The molecule has 0 saturated carbocycles. The van der Waals surface area contributed by atoms with E-state index in [1.165, 1.54) is 35.2 Å². The Bertz CT molecular complexity index is 927. The fourth-order valence-corrected chi connectivity index (χ4v) is 4.41. The smallest absolute Gasteiger partial charge is 0.247 e. The number of benzene rings is 2. The second-order valence-electron chi connectivity index (χ2n) is 5.66. The molecule has 0 N–H and O–H groups in total. The summed E-state index contributed by atoms with van der Waals surface area (Å²) in [6, 6.07) is 15.7. The van der Waals surface area contributed by atoms with Crippen LogP contribution < -0.4 is 4.90 Å². The van der Waals surface area contributed by atoms with E-state index in [1.807, 2.05) is 35.7 Å². The summed E-state index contributed by atoms with van der Waals surface area (Å²) in [5, 5.41) is 2.77. The Balaban J connectivity index is 1.66. The minimum absolute atomic E-state index is 0.0270. The molecule has 1 fully saturated rings. The molecule has 1 aliphatic rings. The largest absolute Gasteiger partial charge is 0.273 e. The van der Waals surface area contributed by atoms with Crippen LogP contribution in [-0.2, 0) is 11.2 Å². The predicted molar refractivity (Wildman–Crippen MR) is 105 cm³/mol. The van der Waals surface area contributed by atoms with Crippen LogP contribution in [0.4, 0.5) is 15.2 Å². The first-order chi connectivity index (χ1) is 12.7. The van der Waals surface area contributed by atoms with Gasteiger partial charge in [-0.15, -0.1) is 11.3 Å². The molecular formula is C19H14FN3OS2. The first-order valence-electron chi connectivity index (χ1n) is 7.99. The molecule has 1 aliphatic heterocycles. The van der Waals surface area contributed by atoms with E-state index in [1.54, 1.807) is 23.2 Å². The number of carbonyl (C=O) groups excluding carboxylic acids is 1. The van der Waals surface area contributed by atoms with Crippen molar-refractivity contribution in [1.82, 2.24) is 4.98 Å². The number of hydrogen-bond acceptors (Lipinski definition) is 5. The van der Waals surface area contributed by atoms with Crippen LogP contribution in [0.15, 0.2) is 71.2 Å². The van der Waals surface area contributed by atoms with Crippen molar-refractivity contribution in [2.75, 3.05) is 4.90 Å². The van der Waals surface area contributed by atoms with E-state index < -0.39 is 0 Å². The molecule has 130 valence electrons. The van der Waals surface area contributed by atoms with Gasteiger partial charge in [-0.05, 0) is 36.2 Å². The summed E-state index contributed by atoms with van der Waals surface area (Å²) in [6.07, 6.45) is 2.21. The van der Waals surface area contributed by atoms with Gasteiger partial charge in [-0.1, -0.05) is 42.1 Å². The van der Waals surface area contributed by atoms with E-state index in [2.05, 4.69) is 9.98 Å². The molecule has 1 saturated heterocycles. The fourth-order valence-electron chi connectivity index (χ4n) is 2.68. The highest BCUT2D eigenvalue weighted by atomic mass is 32.2. The number of halogens is 1. The quantitative estimate of drug-likeness (QED) is 0.658. The van der Waals surface area contributed by atoms with E-state index in [-0.39, 0.29) is 17.0 Å². The zero-order valence-electron chi connectivity index (χ0n) is 13.6. The van der Waals surface area contributed by atoms with Gasteiger partial charge in [0.15, 0.2) is 5.17 Å². The molecular weight excluding hydrogens is 369 g/mol. The van der Waals surface area contributed by atoms with Gasteiger partial charge in [0.2, 0.25) is 11.0 Å². The minimum Gasteiger partial charge on any atom is -0.273 e. The van der Waals surface area contributed by atoms with E-state index in [9.17, 15) is 9.18 Å².